The van der Waals surface area contributed by atoms with E-state index in [1.165, 1.54) is 49.9 Å². The van der Waals surface area contributed by atoms with Crippen molar-refractivity contribution in [2.24, 2.45) is 5.92 Å². The first-order valence-electron chi connectivity index (χ1n) is 10.9. The SMILES string of the molecule is Cc1ccccc1CN1CCC(CN(Cc2ncc[nH]2)C[C@@H]2CCCO2)CC1. The summed E-state index contributed by atoms with van der Waals surface area (Å²) >= 11 is 0. The van der Waals surface area contributed by atoms with Crippen molar-refractivity contribution in [1.82, 2.24) is 19.8 Å². The first-order chi connectivity index (χ1) is 13.8. The van der Waals surface area contributed by atoms with E-state index in [0.717, 1.165) is 44.5 Å². The van der Waals surface area contributed by atoms with Gasteiger partial charge in [0.2, 0.25) is 0 Å². The minimum Gasteiger partial charge on any atom is -0.377 e. The Balaban J connectivity index is 1.28. The largest absolute Gasteiger partial charge is 0.377 e. The summed E-state index contributed by atoms with van der Waals surface area (Å²) in [5.41, 5.74) is 2.88. The van der Waals surface area contributed by atoms with Gasteiger partial charge < -0.3 is 9.72 Å². The van der Waals surface area contributed by atoms with Gasteiger partial charge in [0.15, 0.2) is 0 Å². The van der Waals surface area contributed by atoms with Gasteiger partial charge in [0.1, 0.15) is 5.82 Å². The van der Waals surface area contributed by atoms with Gasteiger partial charge in [-0.1, -0.05) is 24.3 Å². The molecule has 0 saturated carbocycles. The lowest BCUT2D eigenvalue weighted by atomic mass is 9.95. The van der Waals surface area contributed by atoms with Crippen molar-refractivity contribution in [2.75, 3.05) is 32.8 Å². The van der Waals surface area contributed by atoms with Gasteiger partial charge in [-0.3, -0.25) is 9.80 Å². The molecule has 0 unspecified atom stereocenters. The van der Waals surface area contributed by atoms with Gasteiger partial charge >= 0.3 is 0 Å². The molecule has 0 spiro atoms. The summed E-state index contributed by atoms with van der Waals surface area (Å²) in [5.74, 6) is 1.83. The Kier molecular flexibility index (Phi) is 6.78. The van der Waals surface area contributed by atoms with E-state index in [0.29, 0.717) is 6.10 Å². The molecule has 152 valence electrons. The predicted octanol–water partition coefficient (Wildman–Crippen LogP) is 3.61. The predicted molar refractivity (Wildman–Crippen MR) is 112 cm³/mol. The first-order valence-corrected chi connectivity index (χ1v) is 10.9. The Morgan fingerprint density at radius 1 is 1.18 bits per heavy atom. The summed E-state index contributed by atoms with van der Waals surface area (Å²) in [4.78, 5) is 12.9. The number of aromatic nitrogens is 2. The summed E-state index contributed by atoms with van der Waals surface area (Å²) in [6.07, 6.45) is 9.14. The maximum Gasteiger partial charge on any atom is 0.120 e. The van der Waals surface area contributed by atoms with Gasteiger partial charge in [0.05, 0.1) is 12.6 Å². The molecule has 0 aliphatic carbocycles. The molecule has 0 radical (unpaired) electrons. The second kappa shape index (κ2) is 9.68. The van der Waals surface area contributed by atoms with E-state index in [2.05, 4.69) is 51.0 Å². The molecule has 5 nitrogen and oxygen atoms in total. The quantitative estimate of drug-likeness (QED) is 0.757. The first kappa shape index (κ1) is 19.6. The lowest BCUT2D eigenvalue weighted by molar-refractivity contribution is 0.0561. The molecule has 2 saturated heterocycles. The van der Waals surface area contributed by atoms with Gasteiger partial charge in [0, 0.05) is 38.6 Å². The Bertz CT molecular complexity index is 703. The highest BCUT2D eigenvalue weighted by Crippen LogP contribution is 2.23. The lowest BCUT2D eigenvalue weighted by Gasteiger charge is -2.35. The van der Waals surface area contributed by atoms with Crippen molar-refractivity contribution in [3.8, 4) is 0 Å². The summed E-state index contributed by atoms with van der Waals surface area (Å²) in [7, 11) is 0. The smallest absolute Gasteiger partial charge is 0.120 e. The van der Waals surface area contributed by atoms with Gasteiger partial charge in [-0.05, 0) is 62.7 Å². The van der Waals surface area contributed by atoms with Gasteiger partial charge in [0.25, 0.3) is 0 Å². The maximum absolute atomic E-state index is 5.91. The Morgan fingerprint density at radius 2 is 2.04 bits per heavy atom. The van der Waals surface area contributed by atoms with Gasteiger partial charge in [-0.15, -0.1) is 0 Å². The third-order valence-electron chi connectivity index (χ3n) is 6.29. The zero-order valence-electron chi connectivity index (χ0n) is 17.1. The monoisotopic (exact) mass is 382 g/mol. The van der Waals surface area contributed by atoms with E-state index in [1.54, 1.807) is 0 Å². The summed E-state index contributed by atoms with van der Waals surface area (Å²) in [6.45, 7) is 9.72. The molecule has 0 amide bonds. The number of piperidine rings is 1. The molecule has 2 aliphatic rings. The van der Waals surface area contributed by atoms with Crippen LogP contribution in [0.2, 0.25) is 0 Å². The molecule has 2 aromatic rings. The molecule has 0 bridgehead atoms. The van der Waals surface area contributed by atoms with E-state index in [1.807, 2.05) is 12.4 Å². The number of ether oxygens (including phenoxy) is 1. The van der Waals surface area contributed by atoms with E-state index >= 15 is 0 Å². The van der Waals surface area contributed by atoms with Crippen LogP contribution < -0.4 is 0 Å². The van der Waals surface area contributed by atoms with Crippen LogP contribution in [0.4, 0.5) is 0 Å². The number of H-pyrrole nitrogens is 1. The van der Waals surface area contributed by atoms with Crippen molar-refractivity contribution < 1.29 is 4.74 Å². The number of likely N-dealkylation sites (tertiary alicyclic amines) is 1. The zero-order valence-corrected chi connectivity index (χ0v) is 17.1. The van der Waals surface area contributed by atoms with E-state index in [9.17, 15) is 0 Å². The van der Waals surface area contributed by atoms with Crippen molar-refractivity contribution >= 4 is 0 Å². The normalized spacial score (nSPS) is 21.6. The average molecular weight is 383 g/mol. The number of rotatable bonds is 8. The third-order valence-corrected chi connectivity index (χ3v) is 6.29. The van der Waals surface area contributed by atoms with Crippen molar-refractivity contribution in [2.45, 2.75) is 51.8 Å². The van der Waals surface area contributed by atoms with Crippen LogP contribution >= 0.6 is 0 Å². The second-order valence-corrected chi connectivity index (χ2v) is 8.51. The molecule has 1 aromatic heterocycles. The topological polar surface area (TPSA) is 44.4 Å². The lowest BCUT2D eigenvalue weighted by Crippen LogP contribution is -2.40. The highest BCUT2D eigenvalue weighted by atomic mass is 16.5. The second-order valence-electron chi connectivity index (χ2n) is 8.51. The van der Waals surface area contributed by atoms with Crippen LogP contribution in [0.3, 0.4) is 0 Å². The molecule has 1 aromatic carbocycles. The fourth-order valence-electron chi connectivity index (χ4n) is 4.60. The van der Waals surface area contributed by atoms with Gasteiger partial charge in [-0.25, -0.2) is 4.98 Å². The Morgan fingerprint density at radius 3 is 2.75 bits per heavy atom. The average Bonchev–Trinajstić information content (AvgIpc) is 3.39. The van der Waals surface area contributed by atoms with Crippen LogP contribution in [-0.2, 0) is 17.8 Å². The van der Waals surface area contributed by atoms with Crippen LogP contribution in [0.25, 0.3) is 0 Å². The van der Waals surface area contributed by atoms with Crippen molar-refractivity contribution in [1.29, 1.82) is 0 Å². The fraction of sp³-hybridized carbons (Fsp3) is 0.609. The third kappa shape index (κ3) is 5.43. The molecule has 1 N–H and O–H groups in total. The van der Waals surface area contributed by atoms with Crippen molar-refractivity contribution in [3.05, 3.63) is 53.6 Å². The molecule has 4 rings (SSSR count). The molecule has 1 atom stereocenters. The number of benzene rings is 1. The molecule has 2 fully saturated rings. The van der Waals surface area contributed by atoms with Crippen LogP contribution in [0.5, 0.6) is 0 Å². The van der Waals surface area contributed by atoms with E-state index in [-0.39, 0.29) is 0 Å². The number of aromatic amines is 1. The molecule has 2 aliphatic heterocycles. The van der Waals surface area contributed by atoms with Crippen molar-refractivity contribution in [3.63, 3.8) is 0 Å². The Hall–Kier alpha value is -1.69. The molecule has 28 heavy (non-hydrogen) atoms. The standard InChI is InChI=1S/C23H34N4O/c1-19-5-2-3-6-21(19)16-26-12-8-20(9-13-26)15-27(17-22-7-4-14-28-22)18-23-24-10-11-25-23/h2-3,5-6,10-11,20,22H,4,7-9,12-18H2,1H3,(H,24,25)/t22-/m0/s1. The molecule has 3 heterocycles. The number of hydrogen-bond acceptors (Lipinski definition) is 4. The van der Waals surface area contributed by atoms with E-state index in [4.69, 9.17) is 4.74 Å². The van der Waals surface area contributed by atoms with Crippen LogP contribution in [0, 0.1) is 12.8 Å². The highest BCUT2D eigenvalue weighted by molar-refractivity contribution is 5.25. The summed E-state index contributed by atoms with van der Waals surface area (Å²) < 4.78 is 5.91. The highest BCUT2D eigenvalue weighted by Gasteiger charge is 2.25. The number of nitrogens with zero attached hydrogens (tertiary/aromatic N) is 3. The van der Waals surface area contributed by atoms with Crippen LogP contribution in [0.15, 0.2) is 36.7 Å². The number of nitrogens with one attached hydrogen (secondary N) is 1. The van der Waals surface area contributed by atoms with E-state index < -0.39 is 0 Å². The fourth-order valence-corrected chi connectivity index (χ4v) is 4.60. The molecule has 5 heteroatoms. The Labute approximate surface area is 169 Å². The molecular formula is C23H34N4O. The zero-order chi connectivity index (χ0) is 19.2. The number of imidazole rings is 1. The summed E-state index contributed by atoms with van der Waals surface area (Å²) in [6, 6.07) is 8.78. The van der Waals surface area contributed by atoms with Crippen LogP contribution in [0.1, 0.15) is 42.6 Å². The number of hydrogen-bond donors (Lipinski definition) is 1. The van der Waals surface area contributed by atoms with Gasteiger partial charge in [-0.2, -0.15) is 0 Å². The maximum atomic E-state index is 5.91. The minimum atomic E-state index is 0.399. The summed E-state index contributed by atoms with van der Waals surface area (Å²) in [5, 5.41) is 0. The molecular weight excluding hydrogens is 348 g/mol. The van der Waals surface area contributed by atoms with Crippen LogP contribution in [-0.4, -0.2) is 58.7 Å². The number of aryl methyl sites for hydroxylation is 1. The minimum absolute atomic E-state index is 0.399.